The van der Waals surface area contributed by atoms with Crippen molar-refractivity contribution >= 4 is 18.7 Å². The molecule has 5 heteroatoms. The van der Waals surface area contributed by atoms with Crippen LogP contribution >= 0.6 is 7.14 Å². The van der Waals surface area contributed by atoms with E-state index in [2.05, 4.69) is 5.32 Å². The lowest BCUT2D eigenvalue weighted by Crippen LogP contribution is -2.11. The van der Waals surface area contributed by atoms with E-state index >= 15 is 0 Å². The Morgan fingerprint density at radius 3 is 2.48 bits per heavy atom. The van der Waals surface area contributed by atoms with E-state index in [0.717, 1.165) is 0 Å². The Hall–Kier alpha value is -2.06. The van der Waals surface area contributed by atoms with Gasteiger partial charge in [0.25, 0.3) is 5.91 Å². The number of benzene rings is 2. The van der Waals surface area contributed by atoms with Crippen molar-refractivity contribution in [3.8, 4) is 5.75 Å². The van der Waals surface area contributed by atoms with Gasteiger partial charge in [0, 0.05) is 17.3 Å². The van der Waals surface area contributed by atoms with E-state index in [1.807, 2.05) is 18.2 Å². The Bertz CT molecular complexity index is 664. The fourth-order valence-electron chi connectivity index (χ4n) is 1.69. The molecule has 1 amide bonds. The number of carbonyl (C=O) groups excluding carboxylic acids is 1. The average molecular weight is 303 g/mol. The lowest BCUT2D eigenvalue weighted by atomic mass is 10.2. The molecule has 4 nitrogen and oxygen atoms in total. The molecule has 2 aromatic rings. The molecule has 2 rings (SSSR count). The molecule has 1 N–H and O–H groups in total. The first-order valence-corrected chi connectivity index (χ1v) is 9.36. The van der Waals surface area contributed by atoms with Crippen molar-refractivity contribution in [3.63, 3.8) is 0 Å². The molecule has 0 bridgehead atoms. The first-order valence-electron chi connectivity index (χ1n) is 6.57. The lowest BCUT2D eigenvalue weighted by molar-refractivity contribution is 0.102. The van der Waals surface area contributed by atoms with Crippen LogP contribution in [0.5, 0.6) is 5.75 Å². The molecule has 0 spiro atoms. The number of amides is 1. The van der Waals surface area contributed by atoms with Gasteiger partial charge in [0.05, 0.1) is 0 Å². The number of hydrogen-bond donors (Lipinski definition) is 1. The fraction of sp³-hybridized carbons (Fsp3) is 0.188. The van der Waals surface area contributed by atoms with Crippen LogP contribution in [0.2, 0.25) is 0 Å². The first kappa shape index (κ1) is 15.3. The molecule has 0 aliphatic heterocycles. The summed E-state index contributed by atoms with van der Waals surface area (Å²) in [5.41, 5.74) is 1.24. The second kappa shape index (κ2) is 6.59. The van der Waals surface area contributed by atoms with Crippen LogP contribution in [0.1, 0.15) is 10.4 Å². The topological polar surface area (TPSA) is 55.4 Å². The number of ether oxygens (including phenoxy) is 1. The van der Waals surface area contributed by atoms with Gasteiger partial charge >= 0.3 is 0 Å². The Morgan fingerprint density at radius 2 is 1.81 bits per heavy atom. The van der Waals surface area contributed by atoms with Crippen LogP contribution in [-0.4, -0.2) is 25.6 Å². The molecule has 0 unspecified atom stereocenters. The summed E-state index contributed by atoms with van der Waals surface area (Å²) >= 11 is 0. The molecule has 0 saturated carbocycles. The third-order valence-electron chi connectivity index (χ3n) is 2.67. The van der Waals surface area contributed by atoms with Crippen molar-refractivity contribution in [1.82, 2.24) is 0 Å². The van der Waals surface area contributed by atoms with Crippen LogP contribution in [0.4, 0.5) is 5.69 Å². The average Bonchev–Trinajstić information content (AvgIpc) is 2.46. The van der Waals surface area contributed by atoms with Gasteiger partial charge in [-0.1, -0.05) is 24.3 Å². The zero-order chi connectivity index (χ0) is 15.3. The third kappa shape index (κ3) is 5.09. The van der Waals surface area contributed by atoms with Crippen molar-refractivity contribution < 1.29 is 14.1 Å². The summed E-state index contributed by atoms with van der Waals surface area (Å²) in [7, 11) is -2.23. The molecule has 0 radical (unpaired) electrons. The normalized spacial score (nSPS) is 11.0. The van der Waals surface area contributed by atoms with E-state index in [0.29, 0.717) is 17.0 Å². The largest absolute Gasteiger partial charge is 0.486 e. The lowest BCUT2D eigenvalue weighted by Gasteiger charge is -2.11. The number of carbonyl (C=O) groups is 1. The minimum Gasteiger partial charge on any atom is -0.486 e. The number of nitrogens with one attached hydrogen (secondary N) is 1. The molecular weight excluding hydrogens is 285 g/mol. The van der Waals surface area contributed by atoms with E-state index in [1.165, 1.54) is 0 Å². The van der Waals surface area contributed by atoms with Gasteiger partial charge in [-0.15, -0.1) is 0 Å². The molecule has 0 aromatic heterocycles. The van der Waals surface area contributed by atoms with E-state index < -0.39 is 7.14 Å². The van der Waals surface area contributed by atoms with E-state index in [4.69, 9.17) is 4.74 Å². The molecule has 0 saturated heterocycles. The Kier molecular flexibility index (Phi) is 4.81. The van der Waals surface area contributed by atoms with Crippen LogP contribution in [0.25, 0.3) is 0 Å². The second-order valence-corrected chi connectivity index (χ2v) is 8.60. The second-order valence-electron chi connectivity index (χ2n) is 5.20. The maximum Gasteiger partial charge on any atom is 0.255 e. The van der Waals surface area contributed by atoms with Crippen molar-refractivity contribution in [3.05, 3.63) is 60.2 Å². The molecule has 0 aliphatic rings. The van der Waals surface area contributed by atoms with Crippen LogP contribution in [0.3, 0.4) is 0 Å². The summed E-state index contributed by atoms with van der Waals surface area (Å²) < 4.78 is 17.1. The third-order valence-corrected chi connectivity index (χ3v) is 3.42. The summed E-state index contributed by atoms with van der Waals surface area (Å²) in [6, 6.07) is 16.0. The fourth-order valence-corrected chi connectivity index (χ4v) is 2.15. The molecule has 0 fully saturated rings. The Balaban J connectivity index is 2.04. The van der Waals surface area contributed by atoms with E-state index in [1.54, 1.807) is 49.7 Å². The zero-order valence-corrected chi connectivity index (χ0v) is 13.0. The summed E-state index contributed by atoms with van der Waals surface area (Å²) in [4.78, 5) is 12.0. The standard InChI is InChI=1S/C16H18NO3P/c1-21(2,19)12-20-15-10-6-9-14(11-15)17-16(18)13-7-4-3-5-8-13/h3-11H,12H2,1-2H3,(H,17,18). The molecule has 0 aliphatic carbocycles. The van der Waals surface area contributed by atoms with Gasteiger partial charge in [0.2, 0.25) is 0 Å². The molecule has 0 heterocycles. The first-order chi connectivity index (χ1) is 9.94. The monoisotopic (exact) mass is 303 g/mol. The van der Waals surface area contributed by atoms with Gasteiger partial charge < -0.3 is 14.6 Å². The van der Waals surface area contributed by atoms with Gasteiger partial charge in [0.15, 0.2) is 0 Å². The van der Waals surface area contributed by atoms with Crippen molar-refractivity contribution in [1.29, 1.82) is 0 Å². The Labute approximate surface area is 124 Å². The smallest absolute Gasteiger partial charge is 0.255 e. The maximum absolute atomic E-state index is 12.0. The number of anilines is 1. The van der Waals surface area contributed by atoms with E-state index in [9.17, 15) is 9.36 Å². The highest BCUT2D eigenvalue weighted by Gasteiger charge is 2.09. The number of hydrogen-bond acceptors (Lipinski definition) is 3. The highest BCUT2D eigenvalue weighted by Crippen LogP contribution is 2.36. The highest BCUT2D eigenvalue weighted by molar-refractivity contribution is 7.62. The van der Waals surface area contributed by atoms with Gasteiger partial charge in [-0.3, -0.25) is 4.79 Å². The molecule has 110 valence electrons. The SMILES string of the molecule is CP(C)(=O)COc1cccc(NC(=O)c2ccccc2)c1. The van der Waals surface area contributed by atoms with Crippen LogP contribution in [0.15, 0.2) is 54.6 Å². The highest BCUT2D eigenvalue weighted by atomic mass is 31.2. The van der Waals surface area contributed by atoms with Crippen molar-refractivity contribution in [2.75, 3.05) is 25.0 Å². The zero-order valence-electron chi connectivity index (χ0n) is 12.1. The molecule has 21 heavy (non-hydrogen) atoms. The summed E-state index contributed by atoms with van der Waals surface area (Å²) in [5.74, 6) is 0.411. The maximum atomic E-state index is 12.0. The van der Waals surface area contributed by atoms with Crippen molar-refractivity contribution in [2.45, 2.75) is 0 Å². The minimum absolute atomic E-state index is 0.176. The Morgan fingerprint density at radius 1 is 1.10 bits per heavy atom. The van der Waals surface area contributed by atoms with Gasteiger partial charge in [0.1, 0.15) is 19.2 Å². The predicted molar refractivity (Wildman–Crippen MR) is 85.8 cm³/mol. The molecular formula is C16H18NO3P. The van der Waals surface area contributed by atoms with Gasteiger partial charge in [-0.25, -0.2) is 0 Å². The summed E-state index contributed by atoms with van der Waals surface area (Å²) in [5, 5.41) is 2.81. The quantitative estimate of drug-likeness (QED) is 0.852. The summed E-state index contributed by atoms with van der Waals surface area (Å²) in [6.07, 6.45) is 0.184. The number of rotatable bonds is 5. The molecule has 2 aromatic carbocycles. The van der Waals surface area contributed by atoms with Crippen LogP contribution < -0.4 is 10.1 Å². The molecule has 0 atom stereocenters. The minimum atomic E-state index is -2.23. The van der Waals surface area contributed by atoms with Crippen LogP contribution in [-0.2, 0) is 4.57 Å². The van der Waals surface area contributed by atoms with Crippen molar-refractivity contribution in [2.24, 2.45) is 0 Å². The van der Waals surface area contributed by atoms with E-state index in [-0.39, 0.29) is 12.3 Å². The summed E-state index contributed by atoms with van der Waals surface area (Å²) in [6.45, 7) is 3.35. The van der Waals surface area contributed by atoms with Crippen LogP contribution in [0, 0.1) is 0 Å². The van der Waals surface area contributed by atoms with Gasteiger partial charge in [-0.05, 0) is 37.6 Å². The predicted octanol–water partition coefficient (Wildman–Crippen LogP) is 3.90. The van der Waals surface area contributed by atoms with Gasteiger partial charge in [-0.2, -0.15) is 0 Å².